The SMILES string of the molecule is Cn1cc(-c2cc(C(C)(C)O)ccc2OC2CC(CN3CC(CC4CCN(C(=O)OCc5ccccc5)CC4)C3)C2)c2cc[nH]c2c1=O. The van der Waals surface area contributed by atoms with Crippen LogP contribution in [0.5, 0.6) is 5.75 Å². The molecule has 0 atom stereocenters. The number of aliphatic hydroxyl groups is 1. The summed E-state index contributed by atoms with van der Waals surface area (Å²) >= 11 is 0. The van der Waals surface area contributed by atoms with Crippen molar-refractivity contribution in [2.45, 2.75) is 64.3 Å². The van der Waals surface area contributed by atoms with Crippen LogP contribution in [0.3, 0.4) is 0 Å². The predicted molar refractivity (Wildman–Crippen MR) is 187 cm³/mol. The summed E-state index contributed by atoms with van der Waals surface area (Å²) < 4.78 is 13.7. The van der Waals surface area contributed by atoms with E-state index in [1.54, 1.807) is 31.7 Å². The first-order chi connectivity index (χ1) is 23.1. The lowest BCUT2D eigenvalue weighted by atomic mass is 9.79. The van der Waals surface area contributed by atoms with Crippen molar-refractivity contribution in [3.05, 3.63) is 88.5 Å². The highest BCUT2D eigenvalue weighted by molar-refractivity contribution is 5.96. The zero-order chi connectivity index (χ0) is 33.4. The second-order valence-electron chi connectivity index (χ2n) is 14.9. The van der Waals surface area contributed by atoms with Crippen LogP contribution in [0.2, 0.25) is 0 Å². The van der Waals surface area contributed by atoms with Crippen molar-refractivity contribution in [2.24, 2.45) is 24.8 Å². The Labute approximate surface area is 282 Å². The third-order valence-electron chi connectivity index (χ3n) is 10.7. The highest BCUT2D eigenvalue weighted by Crippen LogP contribution is 2.41. The van der Waals surface area contributed by atoms with Crippen LogP contribution in [-0.4, -0.2) is 69.4 Å². The summed E-state index contributed by atoms with van der Waals surface area (Å²) in [5, 5.41) is 11.6. The van der Waals surface area contributed by atoms with Crippen molar-refractivity contribution < 1.29 is 19.4 Å². The average Bonchev–Trinajstić information content (AvgIpc) is 3.54. The summed E-state index contributed by atoms with van der Waals surface area (Å²) in [4.78, 5) is 32.8. The summed E-state index contributed by atoms with van der Waals surface area (Å²) in [5.74, 6) is 2.86. The van der Waals surface area contributed by atoms with Gasteiger partial charge in [0.25, 0.3) is 5.56 Å². The van der Waals surface area contributed by atoms with Gasteiger partial charge < -0.3 is 33.9 Å². The zero-order valence-electron chi connectivity index (χ0n) is 28.4. The van der Waals surface area contributed by atoms with Crippen LogP contribution < -0.4 is 10.3 Å². The number of likely N-dealkylation sites (tertiary alicyclic amines) is 2. The number of piperidine rings is 1. The number of H-pyrrole nitrogens is 1. The molecule has 1 saturated carbocycles. The van der Waals surface area contributed by atoms with Gasteiger partial charge >= 0.3 is 6.09 Å². The smallest absolute Gasteiger partial charge is 0.410 e. The molecule has 9 nitrogen and oxygen atoms in total. The van der Waals surface area contributed by atoms with Crippen LogP contribution in [0.15, 0.2) is 71.8 Å². The van der Waals surface area contributed by atoms with E-state index in [9.17, 15) is 14.7 Å². The van der Waals surface area contributed by atoms with Gasteiger partial charge in [0.1, 0.15) is 17.9 Å². The topological polar surface area (TPSA) is 100 Å². The number of rotatable bonds is 10. The molecule has 2 N–H and O–H groups in total. The Bertz CT molecular complexity index is 1790. The highest BCUT2D eigenvalue weighted by Gasteiger charge is 2.37. The molecule has 2 aliphatic heterocycles. The van der Waals surface area contributed by atoms with Crippen molar-refractivity contribution in [3.63, 3.8) is 0 Å². The van der Waals surface area contributed by atoms with Gasteiger partial charge in [-0.05, 0) is 93.0 Å². The fraction of sp³-hybridized carbons (Fsp3) is 0.487. The Morgan fingerprint density at radius 2 is 1.73 bits per heavy atom. The summed E-state index contributed by atoms with van der Waals surface area (Å²) in [6.45, 7) is 8.94. The van der Waals surface area contributed by atoms with Crippen molar-refractivity contribution in [3.8, 4) is 16.9 Å². The van der Waals surface area contributed by atoms with Crippen LogP contribution in [0.1, 0.15) is 57.1 Å². The molecule has 4 heterocycles. The minimum absolute atomic E-state index is 0.0722. The summed E-state index contributed by atoms with van der Waals surface area (Å²) in [7, 11) is 1.76. The molecule has 9 heteroatoms. The maximum atomic E-state index is 12.7. The molecular weight excluding hydrogens is 604 g/mol. The average molecular weight is 653 g/mol. The van der Waals surface area contributed by atoms with Crippen molar-refractivity contribution >= 4 is 17.0 Å². The van der Waals surface area contributed by atoms with Crippen LogP contribution in [-0.2, 0) is 24.0 Å². The van der Waals surface area contributed by atoms with Gasteiger partial charge in [0.2, 0.25) is 0 Å². The molecule has 48 heavy (non-hydrogen) atoms. The van der Waals surface area contributed by atoms with E-state index in [1.165, 1.54) is 19.5 Å². The number of aromatic amines is 1. The number of nitrogens with one attached hydrogen (secondary N) is 1. The number of aromatic nitrogens is 2. The number of carbonyl (C=O) groups is 1. The van der Waals surface area contributed by atoms with Crippen molar-refractivity contribution in [2.75, 3.05) is 32.7 Å². The number of aryl methyl sites for hydroxylation is 1. The number of amides is 1. The lowest BCUT2D eigenvalue weighted by molar-refractivity contribution is 0.00267. The molecule has 2 saturated heterocycles. The number of fused-ring (bicyclic) bond motifs is 1. The fourth-order valence-electron chi connectivity index (χ4n) is 7.78. The predicted octanol–water partition coefficient (Wildman–Crippen LogP) is 6.29. The molecule has 3 aliphatic rings. The lowest BCUT2D eigenvalue weighted by Gasteiger charge is -2.46. The van der Waals surface area contributed by atoms with Gasteiger partial charge in [-0.1, -0.05) is 36.4 Å². The maximum Gasteiger partial charge on any atom is 0.410 e. The Kier molecular flexibility index (Phi) is 9.09. The van der Waals surface area contributed by atoms with Gasteiger partial charge in [-0.15, -0.1) is 0 Å². The van der Waals surface area contributed by atoms with Crippen LogP contribution in [0.4, 0.5) is 4.79 Å². The Balaban J connectivity index is 0.869. The number of carbonyl (C=O) groups excluding carboxylic acids is 1. The molecule has 1 aliphatic carbocycles. The van der Waals surface area contributed by atoms with Crippen LogP contribution in [0.25, 0.3) is 22.0 Å². The van der Waals surface area contributed by atoms with E-state index in [-0.39, 0.29) is 17.8 Å². The summed E-state index contributed by atoms with van der Waals surface area (Å²) in [6, 6.07) is 17.7. The number of nitrogens with zero attached hydrogens (tertiary/aromatic N) is 3. The van der Waals surface area contributed by atoms with Crippen molar-refractivity contribution in [1.82, 2.24) is 19.4 Å². The number of hydrogen-bond donors (Lipinski definition) is 2. The van der Waals surface area contributed by atoms with E-state index in [4.69, 9.17) is 9.47 Å². The zero-order valence-corrected chi connectivity index (χ0v) is 28.4. The summed E-state index contributed by atoms with van der Waals surface area (Å²) in [6.07, 6.45) is 9.05. The minimum Gasteiger partial charge on any atom is -0.490 e. The first kappa shape index (κ1) is 32.5. The Morgan fingerprint density at radius 3 is 2.46 bits per heavy atom. The number of pyridine rings is 1. The molecule has 3 fully saturated rings. The second-order valence-corrected chi connectivity index (χ2v) is 14.9. The molecule has 0 unspecified atom stereocenters. The number of benzene rings is 2. The summed E-state index contributed by atoms with van der Waals surface area (Å²) in [5.41, 5.74) is 3.10. The third-order valence-corrected chi connectivity index (χ3v) is 10.7. The van der Waals surface area contributed by atoms with Crippen LogP contribution >= 0.6 is 0 Å². The molecule has 1 amide bonds. The molecule has 0 radical (unpaired) electrons. The largest absolute Gasteiger partial charge is 0.490 e. The standard InChI is InChI=1S/C39H48N4O5/c1-39(2,46)30-9-10-35(33(20-30)34-24-41(3)37(44)36-32(34)11-14-40-36)48-31-18-28(19-31)21-42-22-29(23-42)17-26-12-15-43(16-13-26)38(45)47-25-27-7-5-4-6-8-27/h4-11,14,20,24,26,28-29,31,40,46H,12-13,15-19,21-23,25H2,1-3H3. The van der Waals surface area contributed by atoms with Gasteiger partial charge in [-0.3, -0.25) is 4.79 Å². The first-order valence-corrected chi connectivity index (χ1v) is 17.5. The van der Waals surface area contributed by atoms with Gasteiger partial charge in [0.05, 0.1) is 11.7 Å². The molecule has 2 aromatic heterocycles. The highest BCUT2D eigenvalue weighted by atomic mass is 16.6. The van der Waals surface area contributed by atoms with E-state index < -0.39 is 5.60 Å². The molecule has 7 rings (SSSR count). The molecule has 0 bridgehead atoms. The lowest BCUT2D eigenvalue weighted by Crippen LogP contribution is -2.52. The van der Waals surface area contributed by atoms with E-state index in [0.717, 1.165) is 84.6 Å². The van der Waals surface area contributed by atoms with E-state index in [2.05, 4.69) is 9.88 Å². The molecule has 4 aromatic rings. The second kappa shape index (κ2) is 13.4. The Hall–Kier alpha value is -4.08. The first-order valence-electron chi connectivity index (χ1n) is 17.5. The number of hydrogen-bond acceptors (Lipinski definition) is 6. The molecule has 2 aromatic carbocycles. The quantitative estimate of drug-likeness (QED) is 0.209. The van der Waals surface area contributed by atoms with E-state index in [1.807, 2.05) is 65.7 Å². The minimum atomic E-state index is -1.00. The van der Waals surface area contributed by atoms with Crippen molar-refractivity contribution in [1.29, 1.82) is 0 Å². The Morgan fingerprint density at radius 1 is 0.979 bits per heavy atom. The monoisotopic (exact) mass is 652 g/mol. The normalized spacial score (nSPS) is 20.8. The molecule has 0 spiro atoms. The van der Waals surface area contributed by atoms with E-state index in [0.29, 0.717) is 24.0 Å². The maximum absolute atomic E-state index is 12.7. The van der Waals surface area contributed by atoms with E-state index >= 15 is 0 Å². The van der Waals surface area contributed by atoms with Gasteiger partial charge in [0, 0.05) is 68.7 Å². The van der Waals surface area contributed by atoms with Gasteiger partial charge in [-0.2, -0.15) is 0 Å². The number of ether oxygens (including phenoxy) is 2. The van der Waals surface area contributed by atoms with Gasteiger partial charge in [-0.25, -0.2) is 4.79 Å². The third kappa shape index (κ3) is 7.03. The molecular formula is C39H48N4O5. The van der Waals surface area contributed by atoms with Gasteiger partial charge in [0.15, 0.2) is 0 Å². The molecule has 254 valence electrons. The van der Waals surface area contributed by atoms with Crippen LogP contribution in [0, 0.1) is 17.8 Å². The fourth-order valence-corrected chi connectivity index (χ4v) is 7.78.